The summed E-state index contributed by atoms with van der Waals surface area (Å²) in [4.78, 5) is 4.72. The van der Waals surface area contributed by atoms with E-state index in [1.165, 1.54) is 25.7 Å². The highest BCUT2D eigenvalue weighted by Crippen LogP contribution is 2.51. The Morgan fingerprint density at radius 1 is 1.20 bits per heavy atom. The van der Waals surface area contributed by atoms with Gasteiger partial charge in [0.05, 0.1) is 18.8 Å². The van der Waals surface area contributed by atoms with Crippen molar-refractivity contribution in [2.75, 3.05) is 19.7 Å². The lowest BCUT2D eigenvalue weighted by atomic mass is 9.55. The molecule has 0 spiro atoms. The lowest BCUT2D eigenvalue weighted by Crippen LogP contribution is -2.71. The number of fused-ring (bicyclic) bond motifs is 1. The zero-order valence-corrected chi connectivity index (χ0v) is 16.3. The van der Waals surface area contributed by atoms with Gasteiger partial charge in [-0.15, -0.1) is 0 Å². The highest BCUT2D eigenvalue weighted by molar-refractivity contribution is 5.80. The van der Waals surface area contributed by atoms with Crippen LogP contribution in [0.25, 0.3) is 0 Å². The maximum atomic E-state index is 10.5. The second kappa shape index (κ2) is 8.26. The van der Waals surface area contributed by atoms with E-state index >= 15 is 0 Å². The molecule has 5 nitrogen and oxygen atoms in total. The SMILES string of the molecule is CCNC(=NCC(O)C1CCCCC1)NC1C2CCCOC2C1(C)C. The molecule has 2 saturated carbocycles. The fourth-order valence-corrected chi connectivity index (χ4v) is 5.14. The van der Waals surface area contributed by atoms with Gasteiger partial charge in [-0.1, -0.05) is 33.1 Å². The second-order valence-corrected chi connectivity index (χ2v) is 8.73. The fourth-order valence-electron chi connectivity index (χ4n) is 5.14. The van der Waals surface area contributed by atoms with Gasteiger partial charge >= 0.3 is 0 Å². The number of nitrogens with zero attached hydrogens (tertiary/aromatic N) is 1. The van der Waals surface area contributed by atoms with Crippen LogP contribution >= 0.6 is 0 Å². The van der Waals surface area contributed by atoms with Crippen LogP contribution in [0.4, 0.5) is 0 Å². The topological polar surface area (TPSA) is 65.9 Å². The summed E-state index contributed by atoms with van der Waals surface area (Å²) in [6.07, 6.45) is 8.57. The van der Waals surface area contributed by atoms with Crippen LogP contribution in [0.2, 0.25) is 0 Å². The molecule has 3 N–H and O–H groups in total. The number of nitrogens with one attached hydrogen (secondary N) is 2. The molecule has 0 aromatic carbocycles. The zero-order chi connectivity index (χ0) is 17.9. The standard InChI is InChI=1S/C20H37N3O2/c1-4-21-19(22-13-16(24)14-9-6-5-7-10-14)23-17-15-11-8-12-25-18(15)20(17,2)3/h14-18,24H,4-13H2,1-3H3,(H2,21,22,23). The summed E-state index contributed by atoms with van der Waals surface area (Å²) in [5, 5.41) is 17.5. The molecular weight excluding hydrogens is 314 g/mol. The van der Waals surface area contributed by atoms with E-state index in [1.807, 2.05) is 0 Å². The van der Waals surface area contributed by atoms with Crippen LogP contribution in [0.1, 0.15) is 65.7 Å². The van der Waals surface area contributed by atoms with Gasteiger partial charge in [0.25, 0.3) is 0 Å². The van der Waals surface area contributed by atoms with E-state index in [4.69, 9.17) is 9.73 Å². The molecule has 0 radical (unpaired) electrons. The molecule has 1 saturated heterocycles. The first-order valence-corrected chi connectivity index (χ1v) is 10.4. The average Bonchev–Trinajstić information content (AvgIpc) is 2.64. The molecule has 1 aliphatic heterocycles. The first kappa shape index (κ1) is 19.0. The molecule has 0 amide bonds. The molecular formula is C20H37N3O2. The zero-order valence-electron chi connectivity index (χ0n) is 16.3. The third kappa shape index (κ3) is 4.13. The number of ether oxygens (including phenoxy) is 1. The van der Waals surface area contributed by atoms with Crippen molar-refractivity contribution < 1.29 is 9.84 Å². The van der Waals surface area contributed by atoms with Crippen molar-refractivity contribution in [1.29, 1.82) is 0 Å². The van der Waals surface area contributed by atoms with Crippen molar-refractivity contribution >= 4 is 5.96 Å². The molecule has 4 atom stereocenters. The lowest BCUT2D eigenvalue weighted by Gasteiger charge is -2.60. The lowest BCUT2D eigenvalue weighted by molar-refractivity contribution is -0.188. The maximum absolute atomic E-state index is 10.5. The molecule has 3 rings (SSSR count). The smallest absolute Gasteiger partial charge is 0.191 e. The molecule has 0 aromatic rings. The van der Waals surface area contributed by atoms with Crippen molar-refractivity contribution in [2.45, 2.75) is 84.0 Å². The largest absolute Gasteiger partial charge is 0.391 e. The number of aliphatic hydroxyl groups excluding tert-OH is 1. The number of hydrogen-bond donors (Lipinski definition) is 3. The first-order valence-electron chi connectivity index (χ1n) is 10.4. The van der Waals surface area contributed by atoms with Gasteiger partial charge < -0.3 is 20.5 Å². The molecule has 5 heteroatoms. The van der Waals surface area contributed by atoms with Crippen LogP contribution < -0.4 is 10.6 Å². The van der Waals surface area contributed by atoms with Crippen LogP contribution in [0.5, 0.6) is 0 Å². The van der Waals surface area contributed by atoms with Crippen LogP contribution in [0.3, 0.4) is 0 Å². The van der Waals surface area contributed by atoms with E-state index in [9.17, 15) is 5.11 Å². The van der Waals surface area contributed by atoms with E-state index < -0.39 is 0 Å². The van der Waals surface area contributed by atoms with Crippen LogP contribution in [0.15, 0.2) is 4.99 Å². The van der Waals surface area contributed by atoms with E-state index in [2.05, 4.69) is 31.4 Å². The number of aliphatic hydroxyl groups is 1. The monoisotopic (exact) mass is 351 g/mol. The molecule has 25 heavy (non-hydrogen) atoms. The van der Waals surface area contributed by atoms with Gasteiger partial charge in [-0.05, 0) is 38.5 Å². The van der Waals surface area contributed by atoms with Gasteiger partial charge in [-0.3, -0.25) is 4.99 Å². The molecule has 4 unspecified atom stereocenters. The molecule has 0 aromatic heterocycles. The number of aliphatic imine (C=N–C) groups is 1. The fraction of sp³-hybridized carbons (Fsp3) is 0.950. The minimum Gasteiger partial charge on any atom is -0.391 e. The van der Waals surface area contributed by atoms with Gasteiger partial charge in [-0.2, -0.15) is 0 Å². The number of rotatable bonds is 5. The van der Waals surface area contributed by atoms with E-state index in [-0.39, 0.29) is 11.5 Å². The van der Waals surface area contributed by atoms with Crippen molar-refractivity contribution in [3.05, 3.63) is 0 Å². The van der Waals surface area contributed by atoms with Gasteiger partial charge in [0.15, 0.2) is 5.96 Å². The first-order chi connectivity index (χ1) is 12.0. The van der Waals surface area contributed by atoms with E-state index in [1.54, 1.807) is 0 Å². The maximum Gasteiger partial charge on any atom is 0.191 e. The Labute approximate surface area is 153 Å². The van der Waals surface area contributed by atoms with Crippen molar-refractivity contribution in [3.8, 4) is 0 Å². The minimum absolute atomic E-state index is 0.128. The van der Waals surface area contributed by atoms with Crippen molar-refractivity contribution in [2.24, 2.45) is 22.2 Å². The Balaban J connectivity index is 1.58. The molecule has 2 aliphatic carbocycles. The minimum atomic E-state index is -0.309. The predicted octanol–water partition coefficient (Wildman–Crippen LogP) is 2.69. The number of guanidine groups is 1. The van der Waals surface area contributed by atoms with Crippen LogP contribution in [0, 0.1) is 17.3 Å². The normalized spacial score (nSPS) is 33.9. The predicted molar refractivity (Wildman–Crippen MR) is 102 cm³/mol. The third-order valence-corrected chi connectivity index (χ3v) is 6.60. The summed E-state index contributed by atoms with van der Waals surface area (Å²) in [5.41, 5.74) is 0.128. The summed E-state index contributed by atoms with van der Waals surface area (Å²) >= 11 is 0. The Kier molecular flexibility index (Phi) is 6.26. The summed E-state index contributed by atoms with van der Waals surface area (Å²) in [6, 6.07) is 0.391. The molecule has 0 bridgehead atoms. The van der Waals surface area contributed by atoms with Crippen LogP contribution in [-0.4, -0.2) is 49.0 Å². The Morgan fingerprint density at radius 3 is 2.68 bits per heavy atom. The van der Waals surface area contributed by atoms with E-state index in [0.717, 1.165) is 38.4 Å². The van der Waals surface area contributed by atoms with Crippen LogP contribution in [-0.2, 0) is 4.74 Å². The van der Waals surface area contributed by atoms with Gasteiger partial charge in [0.1, 0.15) is 0 Å². The Hall–Kier alpha value is -0.810. The highest BCUT2D eigenvalue weighted by atomic mass is 16.5. The number of hydrogen-bond acceptors (Lipinski definition) is 3. The third-order valence-electron chi connectivity index (χ3n) is 6.60. The average molecular weight is 352 g/mol. The molecule has 3 aliphatic rings. The van der Waals surface area contributed by atoms with E-state index in [0.29, 0.717) is 30.5 Å². The molecule has 1 heterocycles. The van der Waals surface area contributed by atoms with Gasteiger partial charge in [0, 0.05) is 30.5 Å². The second-order valence-electron chi connectivity index (χ2n) is 8.73. The summed E-state index contributed by atoms with van der Waals surface area (Å²) in [6.45, 7) is 8.91. The van der Waals surface area contributed by atoms with Crippen molar-refractivity contribution in [1.82, 2.24) is 10.6 Å². The highest BCUT2D eigenvalue weighted by Gasteiger charge is 2.58. The van der Waals surface area contributed by atoms with Gasteiger partial charge in [0.2, 0.25) is 0 Å². The van der Waals surface area contributed by atoms with Gasteiger partial charge in [-0.25, -0.2) is 0 Å². The summed E-state index contributed by atoms with van der Waals surface area (Å²) in [7, 11) is 0. The summed E-state index contributed by atoms with van der Waals surface area (Å²) in [5.74, 6) is 1.85. The molecule has 144 valence electrons. The Morgan fingerprint density at radius 2 is 1.96 bits per heavy atom. The molecule has 3 fully saturated rings. The summed E-state index contributed by atoms with van der Waals surface area (Å²) < 4.78 is 6.00. The quantitative estimate of drug-likeness (QED) is 0.526. The van der Waals surface area contributed by atoms with Crippen molar-refractivity contribution in [3.63, 3.8) is 0 Å². The Bertz CT molecular complexity index is 460.